The third-order valence-electron chi connectivity index (χ3n) is 2.77. The fraction of sp³-hybridized carbons (Fsp3) is 0.571. The van der Waals surface area contributed by atoms with Crippen LogP contribution in [-0.4, -0.2) is 28.6 Å². The zero-order chi connectivity index (χ0) is 13.4. The van der Waals surface area contributed by atoms with Crippen LogP contribution in [0, 0.1) is 5.92 Å². The number of hydrogen-bond donors (Lipinski definition) is 0. The van der Waals surface area contributed by atoms with Crippen LogP contribution < -0.4 is 0 Å². The lowest BCUT2D eigenvalue weighted by molar-refractivity contribution is 0.0792. The molecule has 0 aromatic heterocycles. The maximum Gasteiger partial charge on any atom is 0.533 e. The topological polar surface area (TPSA) is 27.7 Å². The van der Waals surface area contributed by atoms with E-state index in [1.54, 1.807) is 0 Å². The normalized spacial score (nSPS) is 16.8. The standard InChI is InChI=1S/C14H24O3Si/c1-5-14(13-11-9-10-12-13)18(15-6-2,16-7-3)17-8-4/h5,9-13H,6-8H2,1-4H3/b14-5+. The monoisotopic (exact) mass is 268 g/mol. The van der Waals surface area contributed by atoms with Crippen molar-refractivity contribution in [2.75, 3.05) is 19.8 Å². The molecule has 0 saturated carbocycles. The summed E-state index contributed by atoms with van der Waals surface area (Å²) in [5, 5.41) is 1.14. The Morgan fingerprint density at radius 2 is 1.44 bits per heavy atom. The summed E-state index contributed by atoms with van der Waals surface area (Å²) in [4.78, 5) is 0. The molecule has 3 nitrogen and oxygen atoms in total. The van der Waals surface area contributed by atoms with Crippen LogP contribution in [0.1, 0.15) is 27.7 Å². The minimum absolute atomic E-state index is 0.242. The minimum atomic E-state index is -2.73. The third-order valence-corrected chi connectivity index (χ3v) is 6.11. The van der Waals surface area contributed by atoms with Crippen LogP contribution in [0.3, 0.4) is 0 Å². The molecule has 0 radical (unpaired) electrons. The predicted molar refractivity (Wildman–Crippen MR) is 76.2 cm³/mol. The van der Waals surface area contributed by atoms with Crippen LogP contribution >= 0.6 is 0 Å². The van der Waals surface area contributed by atoms with E-state index in [1.165, 1.54) is 0 Å². The molecular weight excluding hydrogens is 244 g/mol. The lowest BCUT2D eigenvalue weighted by Crippen LogP contribution is -2.50. The highest BCUT2D eigenvalue weighted by Gasteiger charge is 2.47. The molecule has 4 heteroatoms. The number of hydrogen-bond acceptors (Lipinski definition) is 3. The highest BCUT2D eigenvalue weighted by Crippen LogP contribution is 2.30. The van der Waals surface area contributed by atoms with Gasteiger partial charge in [-0.2, -0.15) is 0 Å². The Balaban J connectivity index is 3.03. The average Bonchev–Trinajstić information content (AvgIpc) is 2.84. The van der Waals surface area contributed by atoms with Crippen molar-refractivity contribution in [3.05, 3.63) is 35.6 Å². The summed E-state index contributed by atoms with van der Waals surface area (Å²) in [6.45, 7) is 9.76. The van der Waals surface area contributed by atoms with E-state index in [-0.39, 0.29) is 5.92 Å². The van der Waals surface area contributed by atoms with Gasteiger partial charge in [-0.05, 0) is 27.7 Å². The average molecular weight is 268 g/mol. The minimum Gasteiger partial charge on any atom is -0.370 e. The lowest BCUT2D eigenvalue weighted by atomic mass is 10.1. The predicted octanol–water partition coefficient (Wildman–Crippen LogP) is 3.26. The van der Waals surface area contributed by atoms with Crippen molar-refractivity contribution < 1.29 is 13.3 Å². The Labute approximate surface area is 112 Å². The van der Waals surface area contributed by atoms with Gasteiger partial charge in [0, 0.05) is 30.9 Å². The van der Waals surface area contributed by atoms with Gasteiger partial charge in [0.15, 0.2) is 0 Å². The summed E-state index contributed by atoms with van der Waals surface area (Å²) in [6, 6.07) is 0. The number of allylic oxidation sites excluding steroid dienone is 6. The highest BCUT2D eigenvalue weighted by molar-refractivity contribution is 6.69. The van der Waals surface area contributed by atoms with Gasteiger partial charge in [-0.1, -0.05) is 30.4 Å². The summed E-state index contributed by atoms with van der Waals surface area (Å²) in [6.07, 6.45) is 10.5. The molecule has 0 amide bonds. The molecular formula is C14H24O3Si. The highest BCUT2D eigenvalue weighted by atomic mass is 28.4. The van der Waals surface area contributed by atoms with E-state index in [0.29, 0.717) is 19.8 Å². The molecule has 0 atom stereocenters. The largest absolute Gasteiger partial charge is 0.533 e. The molecule has 0 fully saturated rings. The van der Waals surface area contributed by atoms with E-state index < -0.39 is 8.80 Å². The second-order valence-corrected chi connectivity index (χ2v) is 6.45. The Kier molecular flexibility index (Phi) is 6.57. The first-order valence-electron chi connectivity index (χ1n) is 6.67. The Hall–Kier alpha value is -0.683. The van der Waals surface area contributed by atoms with E-state index in [9.17, 15) is 0 Å². The molecule has 102 valence electrons. The van der Waals surface area contributed by atoms with E-state index >= 15 is 0 Å². The van der Waals surface area contributed by atoms with Gasteiger partial charge in [-0.25, -0.2) is 0 Å². The van der Waals surface area contributed by atoms with Gasteiger partial charge in [0.1, 0.15) is 0 Å². The summed E-state index contributed by atoms with van der Waals surface area (Å²) in [5.41, 5.74) is 0. The van der Waals surface area contributed by atoms with Crippen LogP contribution in [-0.2, 0) is 13.3 Å². The molecule has 0 N–H and O–H groups in total. The first-order chi connectivity index (χ1) is 8.74. The van der Waals surface area contributed by atoms with Gasteiger partial charge in [-0.15, -0.1) is 0 Å². The zero-order valence-electron chi connectivity index (χ0n) is 11.8. The van der Waals surface area contributed by atoms with Crippen molar-refractivity contribution in [3.8, 4) is 0 Å². The van der Waals surface area contributed by atoms with Gasteiger partial charge < -0.3 is 13.3 Å². The molecule has 1 aliphatic carbocycles. The molecule has 0 aromatic carbocycles. The molecule has 18 heavy (non-hydrogen) atoms. The van der Waals surface area contributed by atoms with E-state index in [2.05, 4.69) is 30.4 Å². The second-order valence-electron chi connectivity index (χ2n) is 3.89. The Morgan fingerprint density at radius 1 is 1.00 bits per heavy atom. The van der Waals surface area contributed by atoms with Crippen LogP contribution in [0.5, 0.6) is 0 Å². The van der Waals surface area contributed by atoms with Crippen LogP contribution in [0.4, 0.5) is 0 Å². The maximum atomic E-state index is 5.93. The summed E-state index contributed by atoms with van der Waals surface area (Å²) < 4.78 is 17.8. The second kappa shape index (κ2) is 7.69. The molecule has 1 aliphatic rings. The van der Waals surface area contributed by atoms with Gasteiger partial charge in [0.2, 0.25) is 0 Å². The molecule has 0 saturated heterocycles. The summed E-state index contributed by atoms with van der Waals surface area (Å²) in [5.74, 6) is 0.242. The van der Waals surface area contributed by atoms with Crippen molar-refractivity contribution in [3.63, 3.8) is 0 Å². The van der Waals surface area contributed by atoms with Crippen LogP contribution in [0.15, 0.2) is 35.6 Å². The maximum absolute atomic E-state index is 5.93. The molecule has 1 rings (SSSR count). The van der Waals surface area contributed by atoms with E-state index in [4.69, 9.17) is 13.3 Å². The third kappa shape index (κ3) is 3.42. The van der Waals surface area contributed by atoms with Crippen molar-refractivity contribution >= 4 is 8.80 Å². The number of rotatable bonds is 8. The van der Waals surface area contributed by atoms with Gasteiger partial charge in [0.05, 0.1) is 0 Å². The van der Waals surface area contributed by atoms with Gasteiger partial charge in [0.25, 0.3) is 0 Å². The Morgan fingerprint density at radius 3 is 1.78 bits per heavy atom. The quantitative estimate of drug-likeness (QED) is 0.632. The van der Waals surface area contributed by atoms with Crippen molar-refractivity contribution in [1.82, 2.24) is 0 Å². The smallest absolute Gasteiger partial charge is 0.370 e. The molecule has 0 aliphatic heterocycles. The summed E-state index contributed by atoms with van der Waals surface area (Å²) in [7, 11) is -2.73. The Bertz CT molecular complexity index is 305. The van der Waals surface area contributed by atoms with Crippen LogP contribution in [0.25, 0.3) is 0 Å². The lowest BCUT2D eigenvalue weighted by Gasteiger charge is -2.32. The zero-order valence-corrected chi connectivity index (χ0v) is 12.8. The first kappa shape index (κ1) is 15.4. The van der Waals surface area contributed by atoms with Crippen molar-refractivity contribution in [2.45, 2.75) is 27.7 Å². The first-order valence-corrected chi connectivity index (χ1v) is 8.40. The SMILES string of the molecule is C/C=C(\C1C=CC=C1)[Si](OCC)(OCC)OCC. The molecule has 0 unspecified atom stereocenters. The molecule has 0 aromatic rings. The van der Waals surface area contributed by atoms with Crippen molar-refractivity contribution in [2.24, 2.45) is 5.92 Å². The summed E-state index contributed by atoms with van der Waals surface area (Å²) >= 11 is 0. The van der Waals surface area contributed by atoms with Gasteiger partial charge in [-0.3, -0.25) is 0 Å². The van der Waals surface area contributed by atoms with E-state index in [1.807, 2.05) is 27.7 Å². The fourth-order valence-electron chi connectivity index (χ4n) is 2.16. The molecule has 0 spiro atoms. The van der Waals surface area contributed by atoms with E-state index in [0.717, 1.165) is 5.20 Å². The van der Waals surface area contributed by atoms with Gasteiger partial charge >= 0.3 is 8.80 Å². The molecule has 0 heterocycles. The van der Waals surface area contributed by atoms with Crippen molar-refractivity contribution in [1.29, 1.82) is 0 Å². The molecule has 0 bridgehead atoms. The fourth-order valence-corrected chi connectivity index (χ4v) is 5.00. The van der Waals surface area contributed by atoms with Crippen LogP contribution in [0.2, 0.25) is 0 Å².